The van der Waals surface area contributed by atoms with Gasteiger partial charge in [0.15, 0.2) is 0 Å². The van der Waals surface area contributed by atoms with Crippen LogP contribution in [0.2, 0.25) is 5.02 Å². The maximum Gasteiger partial charge on any atom is 0.242 e. The first-order chi connectivity index (χ1) is 15.2. The number of carbonyl (C=O) groups excluding carboxylic acids is 2. The normalized spacial score (nSPS) is 15.7. The molecule has 1 unspecified atom stereocenters. The molecule has 174 valence electrons. The van der Waals surface area contributed by atoms with E-state index in [0.717, 1.165) is 17.7 Å². The Kier molecular flexibility index (Phi) is 8.60. The molecule has 2 amide bonds. The van der Waals surface area contributed by atoms with Gasteiger partial charge in [-0.3, -0.25) is 9.59 Å². The maximum absolute atomic E-state index is 13.4. The fraction of sp³-hybridized carbons (Fsp3) is 0.520. The van der Waals surface area contributed by atoms with Crippen molar-refractivity contribution in [2.45, 2.75) is 46.6 Å². The van der Waals surface area contributed by atoms with E-state index in [-0.39, 0.29) is 30.3 Å². The summed E-state index contributed by atoms with van der Waals surface area (Å²) in [5.74, 6) is 1.30. The summed E-state index contributed by atoms with van der Waals surface area (Å²) >= 11 is 7.70. The molecule has 0 N–H and O–H groups in total. The van der Waals surface area contributed by atoms with E-state index in [1.54, 1.807) is 28.4 Å². The highest BCUT2D eigenvalue weighted by atomic mass is 35.5. The molecule has 0 bridgehead atoms. The summed E-state index contributed by atoms with van der Waals surface area (Å²) < 4.78 is 6.05. The number of carbonyl (C=O) groups is 2. The van der Waals surface area contributed by atoms with Crippen LogP contribution in [-0.4, -0.2) is 47.9 Å². The highest BCUT2D eigenvalue weighted by Gasteiger charge is 2.33. The largest absolute Gasteiger partial charge is 0.491 e. The molecule has 0 radical (unpaired) electrons. The van der Waals surface area contributed by atoms with Gasteiger partial charge in [-0.2, -0.15) is 0 Å². The van der Waals surface area contributed by atoms with Gasteiger partial charge >= 0.3 is 0 Å². The predicted molar refractivity (Wildman–Crippen MR) is 130 cm³/mol. The average molecular weight is 477 g/mol. The highest BCUT2D eigenvalue weighted by molar-refractivity contribution is 7.10. The predicted octanol–water partition coefficient (Wildman–Crippen LogP) is 5.44. The Morgan fingerprint density at radius 2 is 1.88 bits per heavy atom. The van der Waals surface area contributed by atoms with Crippen LogP contribution in [0, 0.1) is 11.8 Å². The van der Waals surface area contributed by atoms with Crippen molar-refractivity contribution in [1.82, 2.24) is 9.80 Å². The number of halogens is 1. The number of nitrogens with zero attached hydrogens (tertiary/aromatic N) is 2. The van der Waals surface area contributed by atoms with E-state index in [9.17, 15) is 9.59 Å². The third kappa shape index (κ3) is 6.48. The molecule has 0 fully saturated rings. The van der Waals surface area contributed by atoms with E-state index in [4.69, 9.17) is 16.3 Å². The number of fused-ring (bicyclic) bond motifs is 1. The van der Waals surface area contributed by atoms with Gasteiger partial charge in [0.2, 0.25) is 11.8 Å². The zero-order chi connectivity index (χ0) is 23.3. The molecule has 1 aromatic carbocycles. The van der Waals surface area contributed by atoms with Crippen LogP contribution in [0.4, 0.5) is 0 Å². The Bertz CT molecular complexity index is 910. The van der Waals surface area contributed by atoms with Gasteiger partial charge in [0.1, 0.15) is 12.4 Å². The third-order valence-electron chi connectivity index (χ3n) is 5.48. The fourth-order valence-corrected chi connectivity index (χ4v) is 5.06. The van der Waals surface area contributed by atoms with Crippen molar-refractivity contribution in [3.63, 3.8) is 0 Å². The van der Waals surface area contributed by atoms with E-state index in [1.165, 1.54) is 4.88 Å². The zero-order valence-electron chi connectivity index (χ0n) is 19.3. The molecule has 1 atom stereocenters. The van der Waals surface area contributed by atoms with Crippen LogP contribution in [0.25, 0.3) is 0 Å². The minimum atomic E-state index is -0.172. The Morgan fingerprint density at radius 1 is 1.16 bits per heavy atom. The second-order valence-corrected chi connectivity index (χ2v) is 10.6. The third-order valence-corrected chi connectivity index (χ3v) is 6.73. The first kappa shape index (κ1) is 24.6. The van der Waals surface area contributed by atoms with E-state index >= 15 is 0 Å². The van der Waals surface area contributed by atoms with Crippen LogP contribution < -0.4 is 4.74 Å². The van der Waals surface area contributed by atoms with E-state index in [1.807, 2.05) is 30.9 Å². The number of hydrogen-bond acceptors (Lipinski definition) is 4. The Balaban J connectivity index is 1.75. The lowest BCUT2D eigenvalue weighted by molar-refractivity contribution is -0.143. The quantitative estimate of drug-likeness (QED) is 0.484. The van der Waals surface area contributed by atoms with Crippen molar-refractivity contribution in [3.05, 3.63) is 51.2 Å². The van der Waals surface area contributed by atoms with Crippen LogP contribution in [0.15, 0.2) is 35.7 Å². The minimum Gasteiger partial charge on any atom is -0.491 e. The van der Waals surface area contributed by atoms with Gasteiger partial charge in [-0.05, 0) is 59.5 Å². The van der Waals surface area contributed by atoms with Gasteiger partial charge in [0.05, 0.1) is 12.6 Å². The lowest BCUT2D eigenvalue weighted by atomic mass is 10.00. The molecular weight excluding hydrogens is 444 g/mol. The molecule has 7 heteroatoms. The van der Waals surface area contributed by atoms with Crippen LogP contribution in [-0.2, 0) is 16.0 Å². The summed E-state index contributed by atoms with van der Waals surface area (Å²) in [6.45, 7) is 9.89. The molecule has 1 aromatic heterocycles. The molecule has 2 aromatic rings. The van der Waals surface area contributed by atoms with Gasteiger partial charge in [-0.1, -0.05) is 39.3 Å². The molecular formula is C25H33ClN2O3S. The first-order valence-electron chi connectivity index (χ1n) is 11.3. The summed E-state index contributed by atoms with van der Waals surface area (Å²) in [4.78, 5) is 31.2. The molecule has 5 nitrogen and oxygen atoms in total. The van der Waals surface area contributed by atoms with Gasteiger partial charge in [-0.25, -0.2) is 0 Å². The maximum atomic E-state index is 13.4. The van der Waals surface area contributed by atoms with Crippen LogP contribution in [0.3, 0.4) is 0 Å². The lowest BCUT2D eigenvalue weighted by Gasteiger charge is -2.37. The molecule has 1 aliphatic rings. The van der Waals surface area contributed by atoms with Crippen molar-refractivity contribution in [2.75, 3.05) is 26.2 Å². The van der Waals surface area contributed by atoms with Crippen molar-refractivity contribution < 1.29 is 14.3 Å². The summed E-state index contributed by atoms with van der Waals surface area (Å²) in [5.41, 5.74) is 1.15. The van der Waals surface area contributed by atoms with Crippen molar-refractivity contribution in [1.29, 1.82) is 0 Å². The molecule has 0 saturated carbocycles. The second-order valence-electron chi connectivity index (χ2n) is 9.18. The van der Waals surface area contributed by atoms with Crippen LogP contribution >= 0.6 is 22.9 Å². The summed E-state index contributed by atoms with van der Waals surface area (Å²) in [7, 11) is 0. The van der Waals surface area contributed by atoms with E-state index in [2.05, 4.69) is 25.3 Å². The molecule has 1 aliphatic heterocycles. The Labute approximate surface area is 200 Å². The SMILES string of the molecule is CC(C)CC(=O)N(CC(=O)N1CCc2sccc2C1COc1ccc(Cl)cc1)CC(C)C. The van der Waals surface area contributed by atoms with Gasteiger partial charge in [-0.15, -0.1) is 11.3 Å². The number of benzene rings is 1. The lowest BCUT2D eigenvalue weighted by Crippen LogP contribution is -2.48. The van der Waals surface area contributed by atoms with E-state index in [0.29, 0.717) is 37.1 Å². The Hall–Kier alpha value is -2.05. The molecule has 3 rings (SSSR count). The zero-order valence-corrected chi connectivity index (χ0v) is 20.9. The number of thiophene rings is 1. The summed E-state index contributed by atoms with van der Waals surface area (Å²) in [5, 5.41) is 2.73. The molecule has 2 heterocycles. The summed E-state index contributed by atoms with van der Waals surface area (Å²) in [6.07, 6.45) is 1.29. The summed E-state index contributed by atoms with van der Waals surface area (Å²) in [6, 6.07) is 9.17. The highest BCUT2D eigenvalue weighted by Crippen LogP contribution is 2.34. The van der Waals surface area contributed by atoms with Crippen molar-refractivity contribution in [3.8, 4) is 5.75 Å². The molecule has 0 saturated heterocycles. The number of amides is 2. The Morgan fingerprint density at radius 3 is 2.53 bits per heavy atom. The van der Waals surface area contributed by atoms with Crippen LogP contribution in [0.1, 0.15) is 50.6 Å². The smallest absolute Gasteiger partial charge is 0.242 e. The first-order valence-corrected chi connectivity index (χ1v) is 12.5. The monoisotopic (exact) mass is 476 g/mol. The molecule has 0 spiro atoms. The van der Waals surface area contributed by atoms with Crippen molar-refractivity contribution >= 4 is 34.8 Å². The van der Waals surface area contributed by atoms with Crippen molar-refractivity contribution in [2.24, 2.45) is 11.8 Å². The average Bonchev–Trinajstić information content (AvgIpc) is 3.20. The minimum absolute atomic E-state index is 0.0238. The topological polar surface area (TPSA) is 49.9 Å². The molecule has 32 heavy (non-hydrogen) atoms. The second kappa shape index (κ2) is 11.2. The fourth-order valence-electron chi connectivity index (χ4n) is 4.01. The van der Waals surface area contributed by atoms with Crippen LogP contribution in [0.5, 0.6) is 5.75 Å². The van der Waals surface area contributed by atoms with Gasteiger partial charge < -0.3 is 14.5 Å². The number of rotatable bonds is 9. The van der Waals surface area contributed by atoms with E-state index < -0.39 is 0 Å². The standard InChI is InChI=1S/C25H33ClN2O3S/c1-17(2)13-24(29)27(14-18(3)4)15-25(30)28-11-9-23-21(10-12-32-23)22(28)16-31-20-7-5-19(26)6-8-20/h5-8,10,12,17-18,22H,9,11,13-16H2,1-4H3. The number of hydrogen-bond donors (Lipinski definition) is 0. The molecule has 0 aliphatic carbocycles. The number of ether oxygens (including phenoxy) is 1. The van der Waals surface area contributed by atoms with Gasteiger partial charge in [0.25, 0.3) is 0 Å². The van der Waals surface area contributed by atoms with Gasteiger partial charge in [0, 0.05) is 29.4 Å².